The molecule has 0 aliphatic rings. The Hall–Kier alpha value is -1.98. The molecule has 0 fully saturated rings. The summed E-state index contributed by atoms with van der Waals surface area (Å²) in [6.45, 7) is 4.32. The molecule has 0 heterocycles. The van der Waals surface area contributed by atoms with Gasteiger partial charge < -0.3 is 10.1 Å². The van der Waals surface area contributed by atoms with Gasteiger partial charge in [0.2, 0.25) is 0 Å². The number of nitrogens with one attached hydrogen (secondary N) is 1. The maximum absolute atomic E-state index is 12.5. The zero-order valence-corrected chi connectivity index (χ0v) is 16.2. The first-order valence-corrected chi connectivity index (χ1v) is 9.18. The highest BCUT2D eigenvalue weighted by atomic mass is 79.9. The molecule has 4 nitrogen and oxygen atoms in total. The van der Waals surface area contributed by atoms with Crippen LogP contribution in [0, 0.1) is 6.92 Å². The number of benzene rings is 2. The molecule has 5 heteroatoms. The number of methoxy groups -OCH3 is 1. The van der Waals surface area contributed by atoms with Crippen LogP contribution < -0.4 is 5.32 Å². The molecule has 2 aromatic carbocycles. The third-order valence-corrected chi connectivity index (χ3v) is 4.33. The lowest BCUT2D eigenvalue weighted by Crippen LogP contribution is -2.35. The Morgan fingerprint density at radius 2 is 1.72 bits per heavy atom. The summed E-state index contributed by atoms with van der Waals surface area (Å²) in [5.74, 6) is -0.282. The van der Waals surface area contributed by atoms with E-state index in [0.29, 0.717) is 17.7 Å². The van der Waals surface area contributed by atoms with E-state index in [9.17, 15) is 9.59 Å². The number of aryl methyl sites for hydroxylation is 1. The maximum atomic E-state index is 12.5. The van der Waals surface area contributed by atoms with Crippen molar-refractivity contribution >= 4 is 27.6 Å². The van der Waals surface area contributed by atoms with Gasteiger partial charge in [-0.3, -0.25) is 9.59 Å². The van der Waals surface area contributed by atoms with Gasteiger partial charge >= 0.3 is 0 Å². The van der Waals surface area contributed by atoms with Crippen molar-refractivity contribution in [2.75, 3.05) is 19.0 Å². The van der Waals surface area contributed by atoms with E-state index in [2.05, 4.69) is 21.2 Å². The van der Waals surface area contributed by atoms with Crippen molar-refractivity contribution in [3.05, 3.63) is 59.2 Å². The zero-order chi connectivity index (χ0) is 18.4. The average molecular weight is 404 g/mol. The number of amides is 1. The number of carbonyl (C=O) groups excluding carboxylic acids is 2. The van der Waals surface area contributed by atoms with Crippen LogP contribution in [0.3, 0.4) is 0 Å². The maximum Gasteiger partial charge on any atom is 0.251 e. The topological polar surface area (TPSA) is 55.4 Å². The second-order valence-electron chi connectivity index (χ2n) is 6.05. The molecule has 0 saturated carbocycles. The smallest absolute Gasteiger partial charge is 0.251 e. The largest absolute Gasteiger partial charge is 0.383 e. The monoisotopic (exact) mass is 403 g/mol. The van der Waals surface area contributed by atoms with E-state index in [0.717, 1.165) is 16.7 Å². The molecule has 0 saturated heterocycles. The van der Waals surface area contributed by atoms with E-state index in [4.69, 9.17) is 4.74 Å². The molecule has 132 valence electrons. The van der Waals surface area contributed by atoms with E-state index < -0.39 is 0 Å². The lowest BCUT2D eigenvalue weighted by molar-refractivity contribution is 0.0905. The summed E-state index contributed by atoms with van der Waals surface area (Å²) in [4.78, 5) is 24.7. The highest BCUT2D eigenvalue weighted by Gasteiger charge is 2.15. The molecule has 1 atom stereocenters. The predicted octanol–water partition coefficient (Wildman–Crippen LogP) is 4.00. The molecule has 0 radical (unpaired) electrons. The molecule has 1 amide bonds. The minimum Gasteiger partial charge on any atom is -0.383 e. The molecular formula is C20H22BrNO3. The minimum absolute atomic E-state index is 0.0621. The Labute approximate surface area is 156 Å². The van der Waals surface area contributed by atoms with Gasteiger partial charge in [0.1, 0.15) is 0 Å². The average Bonchev–Trinajstić information content (AvgIpc) is 2.61. The summed E-state index contributed by atoms with van der Waals surface area (Å²) >= 11 is 3.20. The van der Waals surface area contributed by atoms with Crippen LogP contribution in [0.25, 0.3) is 11.1 Å². The number of hydrogen-bond acceptors (Lipinski definition) is 3. The first-order chi connectivity index (χ1) is 11.9. The molecule has 0 aromatic heterocycles. The summed E-state index contributed by atoms with van der Waals surface area (Å²) < 4.78 is 5.05. The SMILES string of the molecule is COCC(C)NC(=O)c1cc(C(=O)CBr)cc(-c2ccc(C)cc2)c1. The number of ketones is 1. The van der Waals surface area contributed by atoms with E-state index in [-0.39, 0.29) is 23.1 Å². The third-order valence-electron chi connectivity index (χ3n) is 3.82. The van der Waals surface area contributed by atoms with Crippen molar-refractivity contribution in [2.45, 2.75) is 19.9 Å². The van der Waals surface area contributed by atoms with Gasteiger partial charge in [-0.2, -0.15) is 0 Å². The molecule has 0 bridgehead atoms. The van der Waals surface area contributed by atoms with Gasteiger partial charge in [0, 0.05) is 24.3 Å². The van der Waals surface area contributed by atoms with E-state index in [1.54, 1.807) is 13.2 Å². The number of alkyl halides is 1. The van der Waals surface area contributed by atoms with Crippen LogP contribution in [0.2, 0.25) is 0 Å². The van der Waals surface area contributed by atoms with Crippen LogP contribution in [0.4, 0.5) is 0 Å². The van der Waals surface area contributed by atoms with Gasteiger partial charge in [0.25, 0.3) is 5.91 Å². The second-order valence-corrected chi connectivity index (χ2v) is 6.61. The molecule has 2 rings (SSSR count). The summed E-state index contributed by atoms with van der Waals surface area (Å²) in [6.07, 6.45) is 0. The van der Waals surface area contributed by atoms with Gasteiger partial charge in [0.05, 0.1) is 11.9 Å². The Morgan fingerprint density at radius 1 is 1.08 bits per heavy atom. The van der Waals surface area contributed by atoms with Crippen LogP contribution in [-0.4, -0.2) is 36.8 Å². The first-order valence-electron chi connectivity index (χ1n) is 8.05. The van der Waals surface area contributed by atoms with Crippen molar-refractivity contribution in [1.29, 1.82) is 0 Å². The Kier molecular flexibility index (Phi) is 6.91. The summed E-state index contributed by atoms with van der Waals surface area (Å²) in [5, 5.41) is 3.10. The molecule has 2 aromatic rings. The van der Waals surface area contributed by atoms with Gasteiger partial charge in [-0.1, -0.05) is 45.8 Å². The molecule has 1 unspecified atom stereocenters. The highest BCUT2D eigenvalue weighted by molar-refractivity contribution is 9.09. The fourth-order valence-corrected chi connectivity index (χ4v) is 2.83. The Morgan fingerprint density at radius 3 is 2.32 bits per heavy atom. The number of ether oxygens (including phenoxy) is 1. The Bertz CT molecular complexity index is 756. The molecule has 0 spiro atoms. The number of carbonyl (C=O) groups is 2. The first kappa shape index (κ1) is 19.3. The number of halogens is 1. The van der Waals surface area contributed by atoms with Crippen LogP contribution in [-0.2, 0) is 4.74 Å². The van der Waals surface area contributed by atoms with Gasteiger partial charge in [-0.25, -0.2) is 0 Å². The lowest BCUT2D eigenvalue weighted by atomic mass is 9.97. The zero-order valence-electron chi connectivity index (χ0n) is 14.6. The quantitative estimate of drug-likeness (QED) is 0.561. The second kappa shape index (κ2) is 8.92. The standard InChI is InChI=1S/C20H22BrNO3/c1-13-4-6-15(7-5-13)16-8-17(19(23)11-21)10-18(9-16)20(24)22-14(2)12-25-3/h4-10,14H,11-12H2,1-3H3,(H,22,24). The van der Waals surface area contributed by atoms with E-state index in [1.165, 1.54) is 0 Å². The van der Waals surface area contributed by atoms with Gasteiger partial charge in [-0.15, -0.1) is 0 Å². The molecular weight excluding hydrogens is 382 g/mol. The minimum atomic E-state index is -0.220. The molecule has 0 aliphatic carbocycles. The predicted molar refractivity (Wildman–Crippen MR) is 104 cm³/mol. The molecule has 0 aliphatic heterocycles. The van der Waals surface area contributed by atoms with Gasteiger partial charge in [0.15, 0.2) is 5.78 Å². The molecule has 25 heavy (non-hydrogen) atoms. The van der Waals surface area contributed by atoms with Gasteiger partial charge in [-0.05, 0) is 43.2 Å². The van der Waals surface area contributed by atoms with Crippen molar-refractivity contribution < 1.29 is 14.3 Å². The fraction of sp³-hybridized carbons (Fsp3) is 0.300. The fourth-order valence-electron chi connectivity index (χ4n) is 2.51. The third kappa shape index (κ3) is 5.25. The van der Waals surface area contributed by atoms with E-state index >= 15 is 0 Å². The van der Waals surface area contributed by atoms with Crippen LogP contribution >= 0.6 is 15.9 Å². The molecule has 1 N–H and O–H groups in total. The van der Waals surface area contributed by atoms with Crippen LogP contribution in [0.5, 0.6) is 0 Å². The van der Waals surface area contributed by atoms with E-state index in [1.807, 2.05) is 50.2 Å². The van der Waals surface area contributed by atoms with Crippen molar-refractivity contribution in [2.24, 2.45) is 0 Å². The summed E-state index contributed by atoms with van der Waals surface area (Å²) in [5.41, 5.74) is 3.94. The van der Waals surface area contributed by atoms with Crippen molar-refractivity contribution in [3.63, 3.8) is 0 Å². The Balaban J connectivity index is 2.41. The van der Waals surface area contributed by atoms with Crippen molar-refractivity contribution in [1.82, 2.24) is 5.32 Å². The van der Waals surface area contributed by atoms with Crippen LogP contribution in [0.15, 0.2) is 42.5 Å². The number of hydrogen-bond donors (Lipinski definition) is 1. The number of rotatable bonds is 7. The highest BCUT2D eigenvalue weighted by Crippen LogP contribution is 2.24. The number of Topliss-reactive ketones (excluding diaryl/α,β-unsaturated/α-hetero) is 1. The van der Waals surface area contributed by atoms with Crippen LogP contribution in [0.1, 0.15) is 33.2 Å². The summed E-state index contributed by atoms with van der Waals surface area (Å²) in [7, 11) is 1.59. The summed E-state index contributed by atoms with van der Waals surface area (Å²) in [6, 6.07) is 13.1. The normalized spacial score (nSPS) is 11.8. The lowest BCUT2D eigenvalue weighted by Gasteiger charge is -2.14. The van der Waals surface area contributed by atoms with Crippen molar-refractivity contribution in [3.8, 4) is 11.1 Å².